The molecule has 1 aromatic carbocycles. The van der Waals surface area contributed by atoms with Gasteiger partial charge in [-0.1, -0.05) is 12.1 Å². The van der Waals surface area contributed by atoms with Gasteiger partial charge in [0.25, 0.3) is 5.91 Å². The first-order valence-corrected chi connectivity index (χ1v) is 9.90. The first kappa shape index (κ1) is 19.1. The number of nitrogens with zero attached hydrogens (tertiary/aromatic N) is 5. The zero-order valence-electron chi connectivity index (χ0n) is 16.6. The Balaban J connectivity index is 1.30. The summed E-state index contributed by atoms with van der Waals surface area (Å²) in [6.45, 7) is 6.71. The van der Waals surface area contributed by atoms with Crippen molar-refractivity contribution in [2.45, 2.75) is 13.5 Å². The molecule has 0 aliphatic carbocycles. The molecule has 0 radical (unpaired) electrons. The zero-order valence-corrected chi connectivity index (χ0v) is 16.6. The lowest BCUT2D eigenvalue weighted by molar-refractivity contribution is 0.0628. The lowest BCUT2D eigenvalue weighted by atomic mass is 10.1. The van der Waals surface area contributed by atoms with E-state index in [0.29, 0.717) is 12.2 Å². The van der Waals surface area contributed by atoms with Gasteiger partial charge in [0.1, 0.15) is 17.9 Å². The van der Waals surface area contributed by atoms with Gasteiger partial charge in [-0.3, -0.25) is 14.3 Å². The number of aromatic nitrogens is 3. The summed E-state index contributed by atoms with van der Waals surface area (Å²) in [5.74, 6) is 1.69. The van der Waals surface area contributed by atoms with Crippen LogP contribution in [0.15, 0.2) is 61.3 Å². The van der Waals surface area contributed by atoms with Gasteiger partial charge in [-0.25, -0.2) is 9.97 Å². The summed E-state index contributed by atoms with van der Waals surface area (Å²) in [6.07, 6.45) is 6.86. The molecule has 1 aliphatic rings. The van der Waals surface area contributed by atoms with Crippen molar-refractivity contribution in [1.29, 1.82) is 0 Å². The SMILES string of the molecule is CCOc1ccc(CN2CCN(C(=O)c3ccc(-n4ccnc4)nc3)CC2)cc1. The molecule has 29 heavy (non-hydrogen) atoms. The fourth-order valence-electron chi connectivity index (χ4n) is 3.47. The predicted octanol–water partition coefficient (Wildman–Crippen LogP) is 2.62. The van der Waals surface area contributed by atoms with Crippen LogP contribution in [0.25, 0.3) is 5.82 Å². The highest BCUT2D eigenvalue weighted by molar-refractivity contribution is 5.94. The number of amides is 1. The van der Waals surface area contributed by atoms with E-state index in [1.807, 2.05) is 46.9 Å². The van der Waals surface area contributed by atoms with Gasteiger partial charge in [0.15, 0.2) is 0 Å². The van der Waals surface area contributed by atoms with Crippen LogP contribution in [0.5, 0.6) is 5.75 Å². The summed E-state index contributed by atoms with van der Waals surface area (Å²) in [5.41, 5.74) is 1.88. The van der Waals surface area contributed by atoms with Crippen LogP contribution in [0.2, 0.25) is 0 Å². The fourth-order valence-corrected chi connectivity index (χ4v) is 3.47. The summed E-state index contributed by atoms with van der Waals surface area (Å²) in [5, 5.41) is 0. The molecule has 7 heteroatoms. The van der Waals surface area contributed by atoms with E-state index in [1.54, 1.807) is 18.7 Å². The smallest absolute Gasteiger partial charge is 0.255 e. The van der Waals surface area contributed by atoms with E-state index in [0.717, 1.165) is 44.3 Å². The molecule has 0 bridgehead atoms. The van der Waals surface area contributed by atoms with Crippen LogP contribution in [0.4, 0.5) is 0 Å². The quantitative estimate of drug-likeness (QED) is 0.646. The molecule has 1 fully saturated rings. The number of carbonyl (C=O) groups is 1. The number of hydrogen-bond acceptors (Lipinski definition) is 5. The second kappa shape index (κ2) is 8.87. The molecular formula is C22H25N5O2. The molecule has 0 spiro atoms. The standard InChI is InChI=1S/C22H25N5O2/c1-2-29-20-6-3-18(4-7-20)16-25-11-13-26(14-12-25)22(28)19-5-8-21(24-15-19)27-10-9-23-17-27/h3-10,15,17H,2,11-14,16H2,1H3. The normalized spacial score (nSPS) is 14.7. The van der Waals surface area contributed by atoms with Crippen LogP contribution < -0.4 is 4.74 Å². The molecule has 0 unspecified atom stereocenters. The number of rotatable bonds is 6. The molecule has 0 N–H and O–H groups in total. The fraction of sp³-hybridized carbons (Fsp3) is 0.318. The van der Waals surface area contributed by atoms with Gasteiger partial charge in [0.2, 0.25) is 0 Å². The molecule has 0 atom stereocenters. The molecule has 150 valence electrons. The maximum atomic E-state index is 12.8. The number of imidazole rings is 1. The molecule has 7 nitrogen and oxygen atoms in total. The van der Waals surface area contributed by atoms with E-state index in [4.69, 9.17) is 4.74 Å². The Bertz CT molecular complexity index is 915. The lowest BCUT2D eigenvalue weighted by Gasteiger charge is -2.34. The van der Waals surface area contributed by atoms with Crippen LogP contribution in [-0.2, 0) is 6.54 Å². The number of ether oxygens (including phenoxy) is 1. The highest BCUT2D eigenvalue weighted by Crippen LogP contribution is 2.16. The van der Waals surface area contributed by atoms with E-state index < -0.39 is 0 Å². The lowest BCUT2D eigenvalue weighted by Crippen LogP contribution is -2.48. The van der Waals surface area contributed by atoms with Crippen molar-refractivity contribution in [3.05, 3.63) is 72.4 Å². The third-order valence-corrected chi connectivity index (χ3v) is 5.06. The molecule has 3 aromatic rings. The van der Waals surface area contributed by atoms with Crippen molar-refractivity contribution in [2.75, 3.05) is 32.8 Å². The predicted molar refractivity (Wildman–Crippen MR) is 110 cm³/mol. The molecule has 2 aromatic heterocycles. The third-order valence-electron chi connectivity index (χ3n) is 5.06. The Morgan fingerprint density at radius 1 is 1.07 bits per heavy atom. The number of hydrogen-bond donors (Lipinski definition) is 0. The van der Waals surface area contributed by atoms with Crippen LogP contribution >= 0.6 is 0 Å². The highest BCUT2D eigenvalue weighted by atomic mass is 16.5. The molecule has 1 amide bonds. The van der Waals surface area contributed by atoms with Crippen LogP contribution in [0, 0.1) is 0 Å². The Labute approximate surface area is 170 Å². The molecular weight excluding hydrogens is 366 g/mol. The number of carbonyl (C=O) groups excluding carboxylic acids is 1. The Hall–Kier alpha value is -3.19. The zero-order chi connectivity index (χ0) is 20.1. The van der Waals surface area contributed by atoms with Crippen LogP contribution in [0.3, 0.4) is 0 Å². The molecule has 1 saturated heterocycles. The topological polar surface area (TPSA) is 63.5 Å². The average Bonchev–Trinajstić information content (AvgIpc) is 3.31. The molecule has 3 heterocycles. The van der Waals surface area contributed by atoms with Gasteiger partial charge < -0.3 is 9.64 Å². The van der Waals surface area contributed by atoms with Crippen molar-refractivity contribution >= 4 is 5.91 Å². The molecule has 0 saturated carbocycles. The van der Waals surface area contributed by atoms with Gasteiger partial charge in [0, 0.05) is 51.3 Å². The van der Waals surface area contributed by atoms with Crippen molar-refractivity contribution in [1.82, 2.24) is 24.3 Å². The maximum absolute atomic E-state index is 12.8. The molecule has 4 rings (SSSR count). The monoisotopic (exact) mass is 391 g/mol. The second-order valence-electron chi connectivity index (χ2n) is 7.02. The van der Waals surface area contributed by atoms with E-state index >= 15 is 0 Å². The summed E-state index contributed by atoms with van der Waals surface area (Å²) >= 11 is 0. The summed E-state index contributed by atoms with van der Waals surface area (Å²) in [7, 11) is 0. The Morgan fingerprint density at radius 2 is 1.86 bits per heavy atom. The number of benzene rings is 1. The first-order chi connectivity index (χ1) is 14.2. The van der Waals surface area contributed by atoms with Gasteiger partial charge in [-0.2, -0.15) is 0 Å². The van der Waals surface area contributed by atoms with Gasteiger partial charge in [-0.05, 0) is 36.8 Å². The van der Waals surface area contributed by atoms with E-state index in [9.17, 15) is 4.79 Å². The first-order valence-electron chi connectivity index (χ1n) is 9.90. The summed E-state index contributed by atoms with van der Waals surface area (Å²) in [4.78, 5) is 25.5. The number of pyridine rings is 1. The van der Waals surface area contributed by atoms with Gasteiger partial charge in [-0.15, -0.1) is 0 Å². The van der Waals surface area contributed by atoms with Gasteiger partial charge in [0.05, 0.1) is 12.2 Å². The third kappa shape index (κ3) is 4.63. The average molecular weight is 391 g/mol. The minimum atomic E-state index is 0.0374. The minimum Gasteiger partial charge on any atom is -0.494 e. The van der Waals surface area contributed by atoms with Crippen molar-refractivity contribution in [2.24, 2.45) is 0 Å². The summed E-state index contributed by atoms with van der Waals surface area (Å²) in [6, 6.07) is 11.9. The van der Waals surface area contributed by atoms with Crippen LogP contribution in [-0.4, -0.2) is 63.0 Å². The Morgan fingerprint density at radius 3 is 2.48 bits per heavy atom. The van der Waals surface area contributed by atoms with Crippen LogP contribution in [0.1, 0.15) is 22.8 Å². The highest BCUT2D eigenvalue weighted by Gasteiger charge is 2.22. The maximum Gasteiger partial charge on any atom is 0.255 e. The molecule has 1 aliphatic heterocycles. The Kier molecular flexibility index (Phi) is 5.86. The van der Waals surface area contributed by atoms with Gasteiger partial charge >= 0.3 is 0 Å². The number of piperazine rings is 1. The second-order valence-corrected chi connectivity index (χ2v) is 7.02. The van der Waals surface area contributed by atoms with E-state index in [1.165, 1.54) is 5.56 Å². The van der Waals surface area contributed by atoms with Crippen molar-refractivity contribution in [3.8, 4) is 11.6 Å². The van der Waals surface area contributed by atoms with Crippen molar-refractivity contribution < 1.29 is 9.53 Å². The van der Waals surface area contributed by atoms with Crippen molar-refractivity contribution in [3.63, 3.8) is 0 Å². The summed E-state index contributed by atoms with van der Waals surface area (Å²) < 4.78 is 7.31. The minimum absolute atomic E-state index is 0.0374. The van der Waals surface area contributed by atoms with E-state index in [-0.39, 0.29) is 5.91 Å². The van der Waals surface area contributed by atoms with E-state index in [2.05, 4.69) is 27.0 Å². The largest absolute Gasteiger partial charge is 0.494 e.